The van der Waals surface area contributed by atoms with Gasteiger partial charge in [0, 0.05) is 11.1 Å². The van der Waals surface area contributed by atoms with Crippen LogP contribution in [0.5, 0.6) is 0 Å². The van der Waals surface area contributed by atoms with Crippen molar-refractivity contribution in [2.45, 2.75) is 0 Å². The monoisotopic (exact) mass is 291 g/mol. The van der Waals surface area contributed by atoms with Gasteiger partial charge in [0.2, 0.25) is 0 Å². The lowest BCUT2D eigenvalue weighted by molar-refractivity contribution is 0.102. The quantitative estimate of drug-likeness (QED) is 0.802. The smallest absolute Gasteiger partial charge is 0.360 e. The predicted octanol–water partition coefficient (Wildman–Crippen LogP) is 3.56. The molecule has 0 fully saturated rings. The zero-order chi connectivity index (χ0) is 15.4. The van der Waals surface area contributed by atoms with Crippen LogP contribution >= 0.6 is 0 Å². The van der Waals surface area contributed by atoms with Crippen molar-refractivity contribution < 1.29 is 9.21 Å². The number of amides is 1. The van der Waals surface area contributed by atoms with Gasteiger partial charge in [-0.25, -0.2) is 4.79 Å². The molecule has 0 unspecified atom stereocenters. The van der Waals surface area contributed by atoms with Gasteiger partial charge in [0.05, 0.1) is 0 Å². The van der Waals surface area contributed by atoms with Crippen LogP contribution in [0.3, 0.4) is 0 Å². The fourth-order valence-electron chi connectivity index (χ4n) is 2.05. The summed E-state index contributed by atoms with van der Waals surface area (Å²) in [6.07, 6.45) is 0. The van der Waals surface area contributed by atoms with Gasteiger partial charge in [-0.05, 0) is 24.3 Å². The average molecular weight is 291 g/mol. The normalized spacial score (nSPS) is 10.2. The van der Waals surface area contributed by atoms with Crippen molar-refractivity contribution in [1.82, 2.24) is 0 Å². The third-order valence-electron chi connectivity index (χ3n) is 3.17. The summed E-state index contributed by atoms with van der Waals surface area (Å²) in [5, 5.41) is 2.56. The third-order valence-corrected chi connectivity index (χ3v) is 3.17. The van der Waals surface area contributed by atoms with Gasteiger partial charge in [-0.3, -0.25) is 4.79 Å². The Bertz CT molecular complexity index is 839. The molecule has 1 amide bonds. The molecule has 0 aliphatic rings. The Morgan fingerprint density at radius 2 is 1.45 bits per heavy atom. The minimum absolute atomic E-state index is 0.119. The van der Waals surface area contributed by atoms with Crippen LogP contribution in [0.25, 0.3) is 11.3 Å². The number of carbonyl (C=O) groups is 1. The highest BCUT2D eigenvalue weighted by molar-refractivity contribution is 6.04. The number of hydrogen-bond acceptors (Lipinski definition) is 3. The minimum atomic E-state index is -0.578. The van der Waals surface area contributed by atoms with E-state index in [4.69, 9.17) is 4.42 Å². The summed E-state index contributed by atoms with van der Waals surface area (Å²) in [5.41, 5.74) is 0.828. The highest BCUT2D eigenvalue weighted by atomic mass is 16.4. The molecule has 4 nitrogen and oxygen atoms in total. The van der Waals surface area contributed by atoms with Gasteiger partial charge in [-0.1, -0.05) is 48.5 Å². The molecular weight excluding hydrogens is 278 g/mol. The second-order valence-electron chi connectivity index (χ2n) is 4.69. The molecule has 1 N–H and O–H groups in total. The van der Waals surface area contributed by atoms with E-state index in [0.717, 1.165) is 5.56 Å². The van der Waals surface area contributed by atoms with Gasteiger partial charge < -0.3 is 9.73 Å². The summed E-state index contributed by atoms with van der Waals surface area (Å²) in [5.74, 6) is 0.115. The molecule has 3 rings (SSSR count). The summed E-state index contributed by atoms with van der Waals surface area (Å²) < 4.78 is 5.26. The second-order valence-corrected chi connectivity index (χ2v) is 4.69. The zero-order valence-electron chi connectivity index (χ0n) is 11.7. The highest BCUT2D eigenvalue weighted by Crippen LogP contribution is 2.18. The van der Waals surface area contributed by atoms with E-state index in [1.807, 2.05) is 36.4 Å². The van der Waals surface area contributed by atoms with Crippen molar-refractivity contribution >= 4 is 11.6 Å². The fraction of sp³-hybridized carbons (Fsp3) is 0. The van der Waals surface area contributed by atoms with Crippen LogP contribution in [0.1, 0.15) is 10.4 Å². The largest absolute Gasteiger partial charge is 0.421 e. The number of benzene rings is 2. The number of anilines is 1. The summed E-state index contributed by atoms with van der Waals surface area (Å²) in [6.45, 7) is 0. The van der Waals surface area contributed by atoms with Gasteiger partial charge in [0.25, 0.3) is 5.91 Å². The summed E-state index contributed by atoms with van der Waals surface area (Å²) >= 11 is 0. The van der Waals surface area contributed by atoms with Crippen LogP contribution in [-0.2, 0) is 0 Å². The standard InChI is InChI=1S/C18H13NO3/c20-17(14-9-5-2-6-10-14)19-15-11-12-16(22-18(15)21)13-7-3-1-4-8-13/h1-12H,(H,19,20). The fourth-order valence-corrected chi connectivity index (χ4v) is 2.05. The molecular formula is C18H13NO3. The topological polar surface area (TPSA) is 59.3 Å². The Labute approximate surface area is 127 Å². The van der Waals surface area contributed by atoms with Crippen molar-refractivity contribution in [2.24, 2.45) is 0 Å². The first-order valence-corrected chi connectivity index (χ1v) is 6.80. The number of nitrogens with one attached hydrogen (secondary N) is 1. The Morgan fingerprint density at radius 1 is 0.818 bits per heavy atom. The maximum absolute atomic E-state index is 12.0. The molecule has 0 saturated carbocycles. The number of rotatable bonds is 3. The number of hydrogen-bond donors (Lipinski definition) is 1. The first kappa shape index (κ1) is 13.8. The first-order chi connectivity index (χ1) is 10.7. The molecule has 1 aromatic heterocycles. The zero-order valence-corrected chi connectivity index (χ0v) is 11.7. The van der Waals surface area contributed by atoms with Gasteiger partial charge >= 0.3 is 5.63 Å². The Kier molecular flexibility index (Phi) is 3.83. The van der Waals surface area contributed by atoms with Crippen molar-refractivity contribution in [3.8, 4) is 11.3 Å². The lowest BCUT2D eigenvalue weighted by Crippen LogP contribution is -2.17. The molecule has 4 heteroatoms. The van der Waals surface area contributed by atoms with Crippen LogP contribution in [0.2, 0.25) is 0 Å². The van der Waals surface area contributed by atoms with Gasteiger partial charge in [-0.2, -0.15) is 0 Å². The molecule has 0 aliphatic carbocycles. The van der Waals surface area contributed by atoms with E-state index < -0.39 is 5.63 Å². The Hall–Kier alpha value is -3.14. The van der Waals surface area contributed by atoms with E-state index in [-0.39, 0.29) is 11.6 Å². The van der Waals surface area contributed by atoms with Crippen LogP contribution in [0.15, 0.2) is 82.0 Å². The van der Waals surface area contributed by atoms with E-state index in [9.17, 15) is 9.59 Å². The summed E-state index contributed by atoms with van der Waals surface area (Å²) in [4.78, 5) is 24.0. The summed E-state index contributed by atoms with van der Waals surface area (Å²) in [7, 11) is 0. The van der Waals surface area contributed by atoms with E-state index in [1.165, 1.54) is 0 Å². The third kappa shape index (κ3) is 2.96. The molecule has 22 heavy (non-hydrogen) atoms. The van der Waals surface area contributed by atoms with Crippen molar-refractivity contribution in [2.75, 3.05) is 5.32 Å². The van der Waals surface area contributed by atoms with Crippen LogP contribution < -0.4 is 10.9 Å². The molecule has 0 bridgehead atoms. The predicted molar refractivity (Wildman–Crippen MR) is 84.8 cm³/mol. The minimum Gasteiger partial charge on any atom is -0.421 e. The van der Waals surface area contributed by atoms with Gasteiger partial charge in [0.15, 0.2) is 0 Å². The molecule has 108 valence electrons. The van der Waals surface area contributed by atoms with E-state index in [2.05, 4.69) is 5.32 Å². The Balaban J connectivity index is 1.85. The van der Waals surface area contributed by atoms with Crippen LogP contribution in [0, 0.1) is 0 Å². The molecule has 0 spiro atoms. The average Bonchev–Trinajstić information content (AvgIpc) is 2.58. The molecule has 0 saturated heterocycles. The number of carbonyl (C=O) groups excluding carboxylic acids is 1. The second kappa shape index (κ2) is 6.10. The molecule has 0 radical (unpaired) electrons. The maximum atomic E-state index is 12.0. The van der Waals surface area contributed by atoms with E-state index >= 15 is 0 Å². The van der Waals surface area contributed by atoms with Gasteiger partial charge in [0.1, 0.15) is 11.4 Å². The van der Waals surface area contributed by atoms with Crippen molar-refractivity contribution in [3.63, 3.8) is 0 Å². The van der Waals surface area contributed by atoms with Crippen LogP contribution in [0.4, 0.5) is 5.69 Å². The lowest BCUT2D eigenvalue weighted by Gasteiger charge is -2.05. The first-order valence-electron chi connectivity index (χ1n) is 6.80. The van der Waals surface area contributed by atoms with Gasteiger partial charge in [-0.15, -0.1) is 0 Å². The lowest BCUT2D eigenvalue weighted by atomic mass is 10.1. The van der Waals surface area contributed by atoms with Crippen molar-refractivity contribution in [1.29, 1.82) is 0 Å². The summed E-state index contributed by atoms with van der Waals surface area (Å²) in [6, 6.07) is 21.2. The molecule has 3 aromatic rings. The molecule has 0 atom stereocenters. The van der Waals surface area contributed by atoms with Crippen LogP contribution in [-0.4, -0.2) is 5.91 Å². The Morgan fingerprint density at radius 3 is 2.09 bits per heavy atom. The van der Waals surface area contributed by atoms with Crippen molar-refractivity contribution in [3.05, 3.63) is 88.8 Å². The molecule has 2 aromatic carbocycles. The molecule has 0 aliphatic heterocycles. The van der Waals surface area contributed by atoms with E-state index in [0.29, 0.717) is 11.3 Å². The maximum Gasteiger partial charge on any atom is 0.360 e. The van der Waals surface area contributed by atoms with E-state index in [1.54, 1.807) is 36.4 Å². The SMILES string of the molecule is O=C(Nc1ccc(-c2ccccc2)oc1=O)c1ccccc1. The molecule has 1 heterocycles. The highest BCUT2D eigenvalue weighted by Gasteiger charge is 2.10.